The highest BCUT2D eigenvalue weighted by atomic mass is 32.2. The molecule has 2 aromatic carbocycles. The van der Waals surface area contributed by atoms with Crippen molar-refractivity contribution in [2.75, 3.05) is 38.7 Å². The van der Waals surface area contributed by atoms with Gasteiger partial charge in [-0.1, -0.05) is 25.1 Å². The molecule has 0 fully saturated rings. The summed E-state index contributed by atoms with van der Waals surface area (Å²) in [6.45, 7) is 5.08. The molecule has 0 spiro atoms. The number of sulfonamides is 1. The Kier molecular flexibility index (Phi) is 7.04. The van der Waals surface area contributed by atoms with E-state index in [-0.39, 0.29) is 24.0 Å². The van der Waals surface area contributed by atoms with Crippen LogP contribution in [0.4, 0.5) is 5.69 Å². The van der Waals surface area contributed by atoms with Crippen LogP contribution in [0.15, 0.2) is 53.4 Å². The number of hydrogen-bond acceptors (Lipinski definition) is 6. The van der Waals surface area contributed by atoms with E-state index in [1.807, 2.05) is 24.3 Å². The zero-order valence-electron chi connectivity index (χ0n) is 18.8. The molecule has 1 aromatic heterocycles. The van der Waals surface area contributed by atoms with Gasteiger partial charge in [0.1, 0.15) is 0 Å². The van der Waals surface area contributed by atoms with Gasteiger partial charge in [-0.2, -0.15) is 0 Å². The molecule has 0 atom stereocenters. The van der Waals surface area contributed by atoms with Crippen molar-refractivity contribution in [2.24, 2.45) is 0 Å². The summed E-state index contributed by atoms with van der Waals surface area (Å²) in [5.41, 5.74) is 3.88. The number of nitrogens with zero attached hydrogens (tertiary/aromatic N) is 2. The second-order valence-corrected chi connectivity index (χ2v) is 9.68. The van der Waals surface area contributed by atoms with Crippen LogP contribution in [0.2, 0.25) is 0 Å². The third kappa shape index (κ3) is 5.06. The summed E-state index contributed by atoms with van der Waals surface area (Å²) < 4.78 is 32.1. The van der Waals surface area contributed by atoms with E-state index in [1.165, 1.54) is 19.2 Å². The van der Waals surface area contributed by atoms with Crippen molar-refractivity contribution in [3.05, 3.63) is 65.4 Å². The molecule has 2 heterocycles. The number of carbonyl (C=O) groups excluding carboxylic acids is 1. The maximum atomic E-state index is 13.4. The predicted molar refractivity (Wildman–Crippen MR) is 128 cm³/mol. The van der Waals surface area contributed by atoms with Crippen LogP contribution in [-0.4, -0.2) is 57.6 Å². The number of hydrogen-bond donors (Lipinski definition) is 2. The lowest BCUT2D eigenvalue weighted by atomic mass is 9.95. The Morgan fingerprint density at radius 1 is 1.15 bits per heavy atom. The van der Waals surface area contributed by atoms with Crippen LogP contribution in [-0.2, 0) is 27.7 Å². The first-order valence-electron chi connectivity index (χ1n) is 11.0. The molecule has 0 radical (unpaired) electrons. The minimum atomic E-state index is -3.64. The molecule has 4 rings (SSSR count). The van der Waals surface area contributed by atoms with Gasteiger partial charge in [0.05, 0.1) is 22.6 Å². The second-order valence-electron chi connectivity index (χ2n) is 7.92. The Hall–Kier alpha value is -2.85. The van der Waals surface area contributed by atoms with Gasteiger partial charge < -0.3 is 10.1 Å². The van der Waals surface area contributed by atoms with Crippen molar-refractivity contribution in [3.8, 4) is 0 Å². The standard InChI is InChI=1S/C24H28N4O4S/c1-3-28-14-12-22-20(16-28)23(19-6-4-5-7-21(19)27-22)24(29)26-17-8-10-18(11-9-17)33(30,31)25-13-15-32-2/h4-11,25H,3,12-16H2,1-2H3,(H,26,29). The molecule has 3 aromatic rings. The third-order valence-corrected chi connectivity index (χ3v) is 7.30. The fourth-order valence-corrected chi connectivity index (χ4v) is 5.06. The van der Waals surface area contributed by atoms with Crippen molar-refractivity contribution >= 4 is 32.5 Å². The number of anilines is 1. The summed E-state index contributed by atoms with van der Waals surface area (Å²) in [7, 11) is -2.13. The summed E-state index contributed by atoms with van der Waals surface area (Å²) in [6, 6.07) is 13.8. The number of aromatic nitrogens is 1. The van der Waals surface area contributed by atoms with Crippen molar-refractivity contribution in [3.63, 3.8) is 0 Å². The molecular formula is C24H28N4O4S. The molecule has 1 aliphatic heterocycles. The largest absolute Gasteiger partial charge is 0.383 e. The monoisotopic (exact) mass is 468 g/mol. The van der Waals surface area contributed by atoms with Gasteiger partial charge in [0, 0.05) is 55.5 Å². The number of methoxy groups -OCH3 is 1. The van der Waals surface area contributed by atoms with Crippen LogP contribution in [0.5, 0.6) is 0 Å². The highest BCUT2D eigenvalue weighted by molar-refractivity contribution is 7.89. The van der Waals surface area contributed by atoms with Gasteiger partial charge in [0.2, 0.25) is 10.0 Å². The minimum absolute atomic E-state index is 0.127. The number of amides is 1. The third-order valence-electron chi connectivity index (χ3n) is 5.82. The number of benzene rings is 2. The van der Waals surface area contributed by atoms with E-state index in [4.69, 9.17) is 9.72 Å². The fraction of sp³-hybridized carbons (Fsp3) is 0.333. The highest BCUT2D eigenvalue weighted by Crippen LogP contribution is 2.29. The summed E-state index contributed by atoms with van der Waals surface area (Å²) >= 11 is 0. The van der Waals surface area contributed by atoms with Crippen molar-refractivity contribution in [1.29, 1.82) is 0 Å². The molecule has 1 amide bonds. The SMILES string of the molecule is CCN1CCc2nc3ccccc3c(C(=O)Nc3ccc(S(=O)(=O)NCCOC)cc3)c2C1. The number of pyridine rings is 1. The molecule has 9 heteroatoms. The van der Waals surface area contributed by atoms with Crippen LogP contribution in [0.3, 0.4) is 0 Å². The van der Waals surface area contributed by atoms with Crippen LogP contribution in [0.25, 0.3) is 10.9 Å². The Bertz CT molecular complexity index is 1260. The van der Waals surface area contributed by atoms with E-state index in [9.17, 15) is 13.2 Å². The van der Waals surface area contributed by atoms with Gasteiger partial charge in [-0.3, -0.25) is 14.7 Å². The molecule has 0 bridgehead atoms. The lowest BCUT2D eigenvalue weighted by molar-refractivity contribution is 0.102. The molecule has 174 valence electrons. The summed E-state index contributed by atoms with van der Waals surface area (Å²) in [5, 5.41) is 3.76. The quantitative estimate of drug-likeness (QED) is 0.493. The number of para-hydroxylation sites is 1. The number of ether oxygens (including phenoxy) is 1. The van der Waals surface area contributed by atoms with E-state index in [2.05, 4.69) is 21.9 Å². The van der Waals surface area contributed by atoms with Crippen LogP contribution >= 0.6 is 0 Å². The van der Waals surface area contributed by atoms with Gasteiger partial charge in [0.25, 0.3) is 5.91 Å². The van der Waals surface area contributed by atoms with Gasteiger partial charge in [-0.05, 0) is 36.9 Å². The first-order valence-corrected chi connectivity index (χ1v) is 12.4. The van der Waals surface area contributed by atoms with Crippen molar-refractivity contribution in [1.82, 2.24) is 14.6 Å². The van der Waals surface area contributed by atoms with E-state index < -0.39 is 10.0 Å². The second kappa shape index (κ2) is 9.96. The Morgan fingerprint density at radius 2 is 1.91 bits per heavy atom. The van der Waals surface area contributed by atoms with E-state index in [0.717, 1.165) is 41.7 Å². The molecule has 0 saturated heterocycles. The lowest BCUT2D eigenvalue weighted by Crippen LogP contribution is -2.33. The number of fused-ring (bicyclic) bond motifs is 2. The molecule has 0 aliphatic carbocycles. The van der Waals surface area contributed by atoms with Gasteiger partial charge in [0.15, 0.2) is 0 Å². The van der Waals surface area contributed by atoms with Gasteiger partial charge in [-0.25, -0.2) is 13.1 Å². The number of nitrogens with one attached hydrogen (secondary N) is 2. The van der Waals surface area contributed by atoms with Crippen LogP contribution in [0, 0.1) is 0 Å². The predicted octanol–water partition coefficient (Wildman–Crippen LogP) is 2.79. The van der Waals surface area contributed by atoms with Gasteiger partial charge >= 0.3 is 0 Å². The zero-order valence-corrected chi connectivity index (χ0v) is 19.6. The first-order chi connectivity index (χ1) is 15.9. The fourth-order valence-electron chi connectivity index (χ4n) is 4.05. The molecular weight excluding hydrogens is 440 g/mol. The maximum Gasteiger partial charge on any atom is 0.256 e. The Labute approximate surface area is 194 Å². The van der Waals surface area contributed by atoms with Crippen molar-refractivity contribution < 1.29 is 17.9 Å². The van der Waals surface area contributed by atoms with Crippen LogP contribution < -0.4 is 10.0 Å². The normalized spacial score (nSPS) is 14.2. The molecule has 1 aliphatic rings. The maximum absolute atomic E-state index is 13.4. The Morgan fingerprint density at radius 3 is 2.64 bits per heavy atom. The first kappa shape index (κ1) is 23.3. The minimum Gasteiger partial charge on any atom is -0.383 e. The smallest absolute Gasteiger partial charge is 0.256 e. The molecule has 33 heavy (non-hydrogen) atoms. The van der Waals surface area contributed by atoms with Crippen molar-refractivity contribution in [2.45, 2.75) is 24.8 Å². The molecule has 2 N–H and O–H groups in total. The summed E-state index contributed by atoms with van der Waals surface area (Å²) in [4.78, 5) is 20.7. The Balaban J connectivity index is 1.62. The highest BCUT2D eigenvalue weighted by Gasteiger charge is 2.25. The molecule has 0 saturated carbocycles. The van der Waals surface area contributed by atoms with E-state index in [1.54, 1.807) is 12.1 Å². The van der Waals surface area contributed by atoms with Gasteiger partial charge in [-0.15, -0.1) is 0 Å². The van der Waals surface area contributed by atoms with Crippen LogP contribution in [0.1, 0.15) is 28.5 Å². The van der Waals surface area contributed by atoms with E-state index >= 15 is 0 Å². The zero-order chi connectivity index (χ0) is 23.4. The van der Waals surface area contributed by atoms with E-state index in [0.29, 0.717) is 17.8 Å². The topological polar surface area (TPSA) is 101 Å². The number of likely N-dealkylation sites (N-methyl/N-ethyl adjacent to an activating group) is 1. The number of carbonyl (C=O) groups is 1. The molecule has 8 nitrogen and oxygen atoms in total. The summed E-state index contributed by atoms with van der Waals surface area (Å²) in [6.07, 6.45) is 0.802. The molecule has 0 unspecified atom stereocenters. The lowest BCUT2D eigenvalue weighted by Gasteiger charge is -2.29. The summed E-state index contributed by atoms with van der Waals surface area (Å²) in [5.74, 6) is -0.225. The average molecular weight is 469 g/mol. The number of rotatable bonds is 8. The average Bonchev–Trinajstić information content (AvgIpc) is 2.82.